The number of hydrogen-bond acceptors (Lipinski definition) is 8. The average molecular weight is 714 g/mol. The molecule has 7 N–H and O–H groups in total. The lowest BCUT2D eigenvalue weighted by molar-refractivity contribution is -0.130. The smallest absolute Gasteiger partial charge is 0.251 e. The van der Waals surface area contributed by atoms with Crippen LogP contribution in [0.2, 0.25) is 0 Å². The summed E-state index contributed by atoms with van der Waals surface area (Å²) in [6, 6.07) is 20.8. The van der Waals surface area contributed by atoms with Crippen molar-refractivity contribution < 1.29 is 14.4 Å². The van der Waals surface area contributed by atoms with Crippen LogP contribution in [0.3, 0.4) is 0 Å². The van der Waals surface area contributed by atoms with Gasteiger partial charge in [0.25, 0.3) is 5.91 Å². The zero-order valence-corrected chi connectivity index (χ0v) is 30.0. The van der Waals surface area contributed by atoms with E-state index in [1.165, 1.54) is 0 Å². The molecule has 12 nitrogen and oxygen atoms in total. The van der Waals surface area contributed by atoms with Crippen molar-refractivity contribution >= 4 is 35.8 Å². The standard InChI is InChI=1S/C38H47N9O3.ClH/c1-23-19-30(37(49)42-32-17-18-40-24(2)20-32)13-16-33(23)27-7-3-25(4-8-27)21-34(43-36(48)29-9-5-26(22-39)6-10-29)38(50)41-31-14-11-28(12-15-31)35-44-46-47-45-35;/h3-4,7-8,11-16,19,24,26,29,32,34,40H,5-6,9-10,17-18,20-22,39H2,1-2H3,(H,41,50)(H,42,49)(H,43,48)(H,44,45,46,47);1H/t24?,26-,29-,32?,34-;/m0./s1. The van der Waals surface area contributed by atoms with Gasteiger partial charge in [0, 0.05) is 41.2 Å². The molecule has 6 rings (SSSR count). The van der Waals surface area contributed by atoms with E-state index in [2.05, 4.69) is 48.8 Å². The van der Waals surface area contributed by atoms with Gasteiger partial charge in [-0.3, -0.25) is 14.4 Å². The van der Waals surface area contributed by atoms with Crippen LogP contribution in [0.1, 0.15) is 66.9 Å². The van der Waals surface area contributed by atoms with Gasteiger partial charge in [0.15, 0.2) is 0 Å². The molecular formula is C38H48ClN9O3. The fraction of sp³-hybridized carbons (Fsp3) is 0.421. The van der Waals surface area contributed by atoms with Gasteiger partial charge in [0.1, 0.15) is 6.04 Å². The molecule has 3 aromatic carbocycles. The second-order valence-corrected chi connectivity index (χ2v) is 13.8. The van der Waals surface area contributed by atoms with Crippen LogP contribution >= 0.6 is 12.4 Å². The lowest BCUT2D eigenvalue weighted by Gasteiger charge is -2.28. The third-order valence-corrected chi connectivity index (χ3v) is 10.1. The third kappa shape index (κ3) is 9.78. The Balaban J connectivity index is 0.00000504. The number of carbonyl (C=O) groups is 3. The van der Waals surface area contributed by atoms with E-state index in [0.29, 0.717) is 42.0 Å². The number of nitrogens with one attached hydrogen (secondary N) is 5. The lowest BCUT2D eigenvalue weighted by Crippen LogP contribution is -2.48. The largest absolute Gasteiger partial charge is 0.349 e. The van der Waals surface area contributed by atoms with E-state index in [1.54, 1.807) is 24.3 Å². The summed E-state index contributed by atoms with van der Waals surface area (Å²) in [4.78, 5) is 40.1. The number of aromatic amines is 1. The van der Waals surface area contributed by atoms with Crippen molar-refractivity contribution in [3.8, 4) is 22.5 Å². The fourth-order valence-electron chi connectivity index (χ4n) is 7.09. The van der Waals surface area contributed by atoms with Gasteiger partial charge in [0.05, 0.1) is 0 Å². The summed E-state index contributed by atoms with van der Waals surface area (Å²) in [7, 11) is 0. The van der Waals surface area contributed by atoms with Gasteiger partial charge in [-0.2, -0.15) is 5.21 Å². The Hall–Kier alpha value is -4.65. The van der Waals surface area contributed by atoms with Crippen LogP contribution in [-0.2, 0) is 16.0 Å². The minimum absolute atomic E-state index is 0. The van der Waals surface area contributed by atoms with E-state index >= 15 is 0 Å². The molecule has 2 aliphatic rings. The van der Waals surface area contributed by atoms with Gasteiger partial charge in [-0.15, -0.1) is 22.6 Å². The molecule has 2 fully saturated rings. The Labute approximate surface area is 304 Å². The van der Waals surface area contributed by atoms with Crippen LogP contribution in [0.25, 0.3) is 22.5 Å². The number of benzene rings is 3. The Morgan fingerprint density at radius 2 is 1.67 bits per heavy atom. The van der Waals surface area contributed by atoms with E-state index in [9.17, 15) is 14.4 Å². The minimum Gasteiger partial charge on any atom is -0.349 e. The zero-order chi connectivity index (χ0) is 35.0. The molecule has 1 saturated heterocycles. The highest BCUT2D eigenvalue weighted by atomic mass is 35.5. The van der Waals surface area contributed by atoms with Gasteiger partial charge < -0.3 is 27.0 Å². The van der Waals surface area contributed by atoms with Crippen LogP contribution in [0.5, 0.6) is 0 Å². The van der Waals surface area contributed by atoms with Crippen molar-refractivity contribution in [1.29, 1.82) is 0 Å². The van der Waals surface area contributed by atoms with Crippen molar-refractivity contribution in [2.45, 2.75) is 76.9 Å². The highest BCUT2D eigenvalue weighted by Gasteiger charge is 2.29. The molecule has 13 heteroatoms. The van der Waals surface area contributed by atoms with Gasteiger partial charge in [-0.25, -0.2) is 0 Å². The monoisotopic (exact) mass is 713 g/mol. The maximum absolute atomic E-state index is 13.7. The summed E-state index contributed by atoms with van der Waals surface area (Å²) in [5.41, 5.74) is 11.8. The Kier molecular flexibility index (Phi) is 12.9. The topological polar surface area (TPSA) is 180 Å². The quantitative estimate of drug-likeness (QED) is 0.131. The van der Waals surface area contributed by atoms with Crippen molar-refractivity contribution in [3.05, 3.63) is 83.4 Å². The van der Waals surface area contributed by atoms with Crippen LogP contribution < -0.4 is 27.0 Å². The fourth-order valence-corrected chi connectivity index (χ4v) is 7.09. The number of aryl methyl sites for hydroxylation is 1. The number of piperidine rings is 1. The van der Waals surface area contributed by atoms with Gasteiger partial charge in [0.2, 0.25) is 17.6 Å². The highest BCUT2D eigenvalue weighted by molar-refractivity contribution is 5.98. The van der Waals surface area contributed by atoms with Crippen molar-refractivity contribution in [1.82, 2.24) is 36.6 Å². The molecule has 270 valence electrons. The number of anilines is 1. The maximum Gasteiger partial charge on any atom is 0.251 e. The summed E-state index contributed by atoms with van der Waals surface area (Å²) in [5, 5.41) is 26.7. The number of carbonyl (C=O) groups excluding carboxylic acids is 3. The van der Waals surface area contributed by atoms with E-state index in [1.807, 2.05) is 49.4 Å². The summed E-state index contributed by atoms with van der Waals surface area (Å²) in [6.07, 6.45) is 5.55. The number of rotatable bonds is 11. The number of amides is 3. The number of halogens is 1. The van der Waals surface area contributed by atoms with Crippen LogP contribution in [0.4, 0.5) is 5.69 Å². The average Bonchev–Trinajstić information content (AvgIpc) is 3.67. The lowest BCUT2D eigenvalue weighted by atomic mass is 9.81. The molecule has 1 aliphatic heterocycles. The molecule has 0 bridgehead atoms. The van der Waals surface area contributed by atoms with Crippen molar-refractivity contribution in [2.24, 2.45) is 17.6 Å². The van der Waals surface area contributed by atoms with Crippen molar-refractivity contribution in [3.63, 3.8) is 0 Å². The van der Waals surface area contributed by atoms with Crippen LogP contribution in [0, 0.1) is 18.8 Å². The number of nitrogens with two attached hydrogens (primary N) is 1. The molecule has 2 heterocycles. The van der Waals surface area contributed by atoms with E-state index < -0.39 is 6.04 Å². The second-order valence-electron chi connectivity index (χ2n) is 13.8. The van der Waals surface area contributed by atoms with Gasteiger partial charge in [-0.05, 0) is 135 Å². The Bertz CT molecular complexity index is 1760. The molecule has 0 radical (unpaired) electrons. The SMILES string of the molecule is Cc1cc(C(=O)NC2CCNC(C)C2)ccc1-c1ccc(C[C@H](NC(=O)[C@H]2CC[C@H](CN)CC2)C(=O)Nc2ccc(-c3nn[nH]n3)cc2)cc1.Cl. The number of nitrogens with zero attached hydrogens (tertiary/aromatic N) is 3. The zero-order valence-electron chi connectivity index (χ0n) is 29.2. The molecule has 2 unspecified atom stereocenters. The Morgan fingerprint density at radius 1 is 0.941 bits per heavy atom. The van der Waals surface area contributed by atoms with E-state index in [0.717, 1.165) is 72.9 Å². The number of tetrazole rings is 1. The predicted molar refractivity (Wildman–Crippen MR) is 200 cm³/mol. The summed E-state index contributed by atoms with van der Waals surface area (Å²) in [5.74, 6) is 0.331. The first-order valence-corrected chi connectivity index (χ1v) is 17.6. The summed E-state index contributed by atoms with van der Waals surface area (Å²) >= 11 is 0. The minimum atomic E-state index is -0.778. The molecule has 1 saturated carbocycles. The van der Waals surface area contributed by atoms with Gasteiger partial charge >= 0.3 is 0 Å². The van der Waals surface area contributed by atoms with E-state index in [4.69, 9.17) is 5.73 Å². The first kappa shape index (κ1) is 37.6. The third-order valence-electron chi connectivity index (χ3n) is 10.1. The van der Waals surface area contributed by atoms with Crippen LogP contribution in [0.15, 0.2) is 66.7 Å². The predicted octanol–water partition coefficient (Wildman–Crippen LogP) is 4.57. The summed E-state index contributed by atoms with van der Waals surface area (Å²) < 4.78 is 0. The number of H-pyrrole nitrogens is 1. The normalized spacial score (nSPS) is 20.8. The molecule has 1 aromatic heterocycles. The highest BCUT2D eigenvalue weighted by Crippen LogP contribution is 2.29. The molecule has 3 amide bonds. The van der Waals surface area contributed by atoms with Crippen molar-refractivity contribution in [2.75, 3.05) is 18.4 Å². The summed E-state index contributed by atoms with van der Waals surface area (Å²) in [6.45, 7) is 5.70. The second kappa shape index (κ2) is 17.5. The van der Waals surface area contributed by atoms with E-state index in [-0.39, 0.29) is 42.1 Å². The number of aromatic nitrogens is 4. The molecular weight excluding hydrogens is 666 g/mol. The molecule has 3 atom stereocenters. The first-order chi connectivity index (χ1) is 24.2. The van der Waals surface area contributed by atoms with Gasteiger partial charge in [-0.1, -0.05) is 30.3 Å². The molecule has 51 heavy (non-hydrogen) atoms. The first-order valence-electron chi connectivity index (χ1n) is 17.6. The Morgan fingerprint density at radius 3 is 2.31 bits per heavy atom. The molecule has 1 aliphatic carbocycles. The van der Waals surface area contributed by atoms with Crippen LogP contribution in [-0.4, -0.2) is 69.6 Å². The maximum atomic E-state index is 13.7. The molecule has 4 aromatic rings. The molecule has 0 spiro atoms. The number of hydrogen-bond donors (Lipinski definition) is 6.